The van der Waals surface area contributed by atoms with Gasteiger partial charge >= 0.3 is 5.76 Å². The van der Waals surface area contributed by atoms with Crippen molar-refractivity contribution < 1.29 is 9.21 Å². The normalized spacial score (nSPS) is 12.6. The zero-order valence-electron chi connectivity index (χ0n) is 9.56. The van der Waals surface area contributed by atoms with Crippen LogP contribution in [0.4, 0.5) is 5.69 Å². The van der Waals surface area contributed by atoms with Gasteiger partial charge in [0.2, 0.25) is 5.91 Å². The van der Waals surface area contributed by atoms with Gasteiger partial charge in [-0.3, -0.25) is 9.36 Å². The zero-order valence-corrected chi connectivity index (χ0v) is 9.56. The number of carbonyl (C=O) groups is 1. The van der Waals surface area contributed by atoms with Crippen LogP contribution in [0.25, 0.3) is 11.1 Å². The van der Waals surface area contributed by atoms with Crippen molar-refractivity contribution >= 4 is 22.7 Å². The van der Waals surface area contributed by atoms with E-state index in [2.05, 4.69) is 5.32 Å². The Bertz CT molecular complexity index is 624. The summed E-state index contributed by atoms with van der Waals surface area (Å²) >= 11 is 0. The van der Waals surface area contributed by atoms with Gasteiger partial charge in [0.05, 0.1) is 11.6 Å². The lowest BCUT2D eigenvalue weighted by atomic mass is 10.2. The highest BCUT2D eigenvalue weighted by atomic mass is 16.4. The maximum atomic E-state index is 11.4. The molecule has 0 spiro atoms. The van der Waals surface area contributed by atoms with E-state index in [0.717, 1.165) is 0 Å². The average Bonchev–Trinajstić information content (AvgIpc) is 2.55. The van der Waals surface area contributed by atoms with Crippen molar-refractivity contribution in [2.24, 2.45) is 12.8 Å². The predicted molar refractivity (Wildman–Crippen MR) is 63.7 cm³/mol. The molecule has 0 saturated carbocycles. The monoisotopic (exact) mass is 235 g/mol. The Labute approximate surface area is 97.0 Å². The Kier molecular flexibility index (Phi) is 2.72. The highest BCUT2D eigenvalue weighted by Crippen LogP contribution is 2.17. The molecule has 6 heteroatoms. The fourth-order valence-corrected chi connectivity index (χ4v) is 1.46. The van der Waals surface area contributed by atoms with E-state index in [9.17, 15) is 9.59 Å². The van der Waals surface area contributed by atoms with Crippen LogP contribution in [-0.2, 0) is 11.8 Å². The molecule has 0 saturated heterocycles. The van der Waals surface area contributed by atoms with Gasteiger partial charge in [0.1, 0.15) is 0 Å². The fraction of sp³-hybridized carbons (Fsp3) is 0.273. The molecule has 1 aromatic heterocycles. The van der Waals surface area contributed by atoms with Crippen molar-refractivity contribution in [3.8, 4) is 0 Å². The van der Waals surface area contributed by atoms with E-state index in [4.69, 9.17) is 10.2 Å². The van der Waals surface area contributed by atoms with Gasteiger partial charge in [-0.25, -0.2) is 4.79 Å². The summed E-state index contributed by atoms with van der Waals surface area (Å²) in [6.07, 6.45) is 0. The van der Waals surface area contributed by atoms with Crippen LogP contribution in [0.5, 0.6) is 0 Å². The van der Waals surface area contributed by atoms with E-state index >= 15 is 0 Å². The van der Waals surface area contributed by atoms with Crippen LogP contribution < -0.4 is 16.8 Å². The molecule has 0 fully saturated rings. The van der Waals surface area contributed by atoms with E-state index in [1.165, 1.54) is 4.57 Å². The first-order valence-electron chi connectivity index (χ1n) is 5.15. The smallest absolute Gasteiger partial charge is 0.408 e. The molecule has 0 aliphatic carbocycles. The van der Waals surface area contributed by atoms with Gasteiger partial charge in [-0.05, 0) is 25.1 Å². The van der Waals surface area contributed by atoms with Crippen molar-refractivity contribution in [3.63, 3.8) is 0 Å². The number of carbonyl (C=O) groups excluding carboxylic acids is 1. The van der Waals surface area contributed by atoms with Crippen LogP contribution in [-0.4, -0.2) is 16.5 Å². The zero-order chi connectivity index (χ0) is 12.6. The number of aryl methyl sites for hydroxylation is 1. The first-order valence-corrected chi connectivity index (χ1v) is 5.15. The molecule has 0 unspecified atom stereocenters. The SMILES string of the molecule is C[C@H](N)C(=O)Nc1ccc2oc(=O)n(C)c2c1. The molecule has 1 amide bonds. The summed E-state index contributed by atoms with van der Waals surface area (Å²) in [6.45, 7) is 1.60. The molecule has 1 aromatic carbocycles. The predicted octanol–water partition coefficient (Wildman–Crippen LogP) is 0.417. The molecule has 2 aromatic rings. The lowest BCUT2D eigenvalue weighted by Crippen LogP contribution is -2.32. The molecule has 1 heterocycles. The lowest BCUT2D eigenvalue weighted by Gasteiger charge is -2.07. The summed E-state index contributed by atoms with van der Waals surface area (Å²) in [5.41, 5.74) is 7.13. The molecule has 3 N–H and O–H groups in total. The number of amides is 1. The minimum atomic E-state index is -0.584. The van der Waals surface area contributed by atoms with Crippen LogP contribution in [0, 0.1) is 0 Å². The van der Waals surface area contributed by atoms with Gasteiger partial charge in [0.15, 0.2) is 5.58 Å². The van der Waals surface area contributed by atoms with Crippen LogP contribution in [0.15, 0.2) is 27.4 Å². The Morgan fingerprint density at radius 3 is 2.88 bits per heavy atom. The Morgan fingerprint density at radius 1 is 1.53 bits per heavy atom. The summed E-state index contributed by atoms with van der Waals surface area (Å²) in [7, 11) is 1.60. The van der Waals surface area contributed by atoms with Crippen LogP contribution >= 0.6 is 0 Å². The molecular weight excluding hydrogens is 222 g/mol. The van der Waals surface area contributed by atoms with Crippen molar-refractivity contribution in [2.75, 3.05) is 5.32 Å². The van der Waals surface area contributed by atoms with Gasteiger partial charge in [-0.2, -0.15) is 0 Å². The van der Waals surface area contributed by atoms with Crippen molar-refractivity contribution in [3.05, 3.63) is 28.7 Å². The molecule has 0 bridgehead atoms. The Hall–Kier alpha value is -2.08. The van der Waals surface area contributed by atoms with Gasteiger partial charge in [-0.15, -0.1) is 0 Å². The summed E-state index contributed by atoms with van der Waals surface area (Å²) < 4.78 is 6.35. The number of hydrogen-bond donors (Lipinski definition) is 2. The second kappa shape index (κ2) is 4.06. The maximum Gasteiger partial charge on any atom is 0.419 e. The number of oxazole rings is 1. The maximum absolute atomic E-state index is 11.4. The molecule has 6 nitrogen and oxygen atoms in total. The number of hydrogen-bond acceptors (Lipinski definition) is 4. The topological polar surface area (TPSA) is 90.3 Å². The quantitative estimate of drug-likeness (QED) is 0.789. The van der Waals surface area contributed by atoms with Gasteiger partial charge in [0.25, 0.3) is 0 Å². The number of benzene rings is 1. The van der Waals surface area contributed by atoms with E-state index in [-0.39, 0.29) is 5.91 Å². The van der Waals surface area contributed by atoms with Gasteiger partial charge in [0, 0.05) is 12.7 Å². The first-order chi connectivity index (χ1) is 7.99. The standard InChI is InChI=1S/C11H13N3O3/c1-6(12)10(15)13-7-3-4-9-8(5-7)14(2)11(16)17-9/h3-6H,12H2,1-2H3,(H,13,15)/t6-/m0/s1. The third-order valence-corrected chi connectivity index (χ3v) is 2.47. The van der Waals surface area contributed by atoms with Gasteiger partial charge < -0.3 is 15.5 Å². The number of nitrogens with one attached hydrogen (secondary N) is 1. The molecule has 0 aliphatic rings. The largest absolute Gasteiger partial charge is 0.419 e. The fourth-order valence-electron chi connectivity index (χ4n) is 1.46. The molecule has 0 radical (unpaired) electrons. The molecular formula is C11H13N3O3. The van der Waals surface area contributed by atoms with Crippen molar-refractivity contribution in [1.29, 1.82) is 0 Å². The molecule has 0 aliphatic heterocycles. The second-order valence-electron chi connectivity index (χ2n) is 3.89. The van der Waals surface area contributed by atoms with Crippen molar-refractivity contribution in [2.45, 2.75) is 13.0 Å². The van der Waals surface area contributed by atoms with E-state index in [0.29, 0.717) is 16.8 Å². The number of nitrogens with zero attached hydrogens (tertiary/aromatic N) is 1. The lowest BCUT2D eigenvalue weighted by molar-refractivity contribution is -0.117. The summed E-state index contributed by atoms with van der Waals surface area (Å²) in [5, 5.41) is 2.65. The van der Waals surface area contributed by atoms with Gasteiger partial charge in [-0.1, -0.05) is 0 Å². The summed E-state index contributed by atoms with van der Waals surface area (Å²) in [6, 6.07) is 4.37. The van der Waals surface area contributed by atoms with E-state index in [1.807, 2.05) is 0 Å². The van der Waals surface area contributed by atoms with E-state index < -0.39 is 11.8 Å². The second-order valence-corrected chi connectivity index (χ2v) is 3.89. The Morgan fingerprint density at radius 2 is 2.24 bits per heavy atom. The van der Waals surface area contributed by atoms with Crippen LogP contribution in [0.2, 0.25) is 0 Å². The average molecular weight is 235 g/mol. The number of rotatable bonds is 2. The minimum absolute atomic E-state index is 0.280. The molecule has 1 atom stereocenters. The third-order valence-electron chi connectivity index (χ3n) is 2.47. The number of fused-ring (bicyclic) bond motifs is 1. The summed E-state index contributed by atoms with van der Waals surface area (Å²) in [4.78, 5) is 22.7. The first kappa shape index (κ1) is 11.4. The number of aromatic nitrogens is 1. The van der Waals surface area contributed by atoms with Crippen LogP contribution in [0.3, 0.4) is 0 Å². The number of anilines is 1. The number of nitrogens with two attached hydrogens (primary N) is 1. The summed E-state index contributed by atoms with van der Waals surface area (Å²) in [5.74, 6) is -0.714. The van der Waals surface area contributed by atoms with Crippen molar-refractivity contribution in [1.82, 2.24) is 4.57 Å². The highest BCUT2D eigenvalue weighted by molar-refractivity contribution is 5.95. The third kappa shape index (κ3) is 2.07. The molecule has 90 valence electrons. The van der Waals surface area contributed by atoms with Crippen LogP contribution in [0.1, 0.15) is 6.92 Å². The molecule has 17 heavy (non-hydrogen) atoms. The van der Waals surface area contributed by atoms with E-state index in [1.54, 1.807) is 32.2 Å². The molecule has 2 rings (SSSR count). The highest BCUT2D eigenvalue weighted by Gasteiger charge is 2.10. The Balaban J connectivity index is 2.41. The minimum Gasteiger partial charge on any atom is -0.408 e.